The molecule has 1 heterocycles. The van der Waals surface area contributed by atoms with E-state index in [0.717, 1.165) is 28.2 Å². The van der Waals surface area contributed by atoms with E-state index in [-0.39, 0.29) is 0 Å². The number of rotatable bonds is 3. The molecule has 1 unspecified atom stereocenters. The molecule has 1 aliphatic rings. The summed E-state index contributed by atoms with van der Waals surface area (Å²) in [5.41, 5.74) is 0.959. The summed E-state index contributed by atoms with van der Waals surface area (Å²) in [6, 6.07) is 25.3. The van der Waals surface area contributed by atoms with Crippen molar-refractivity contribution in [2.24, 2.45) is 0 Å². The highest BCUT2D eigenvalue weighted by Crippen LogP contribution is 2.55. The van der Waals surface area contributed by atoms with Crippen molar-refractivity contribution in [2.45, 2.75) is 0 Å². The van der Waals surface area contributed by atoms with Crippen LogP contribution in [0.4, 0.5) is 5.69 Å². The molecule has 0 radical (unpaired) electrons. The summed E-state index contributed by atoms with van der Waals surface area (Å²) in [5.74, 6) is 2.41. The lowest BCUT2D eigenvalue weighted by Gasteiger charge is -2.16. The lowest BCUT2D eigenvalue weighted by Crippen LogP contribution is -2.10. The molecule has 5 heteroatoms. The van der Waals surface area contributed by atoms with Crippen molar-refractivity contribution in [3.63, 3.8) is 0 Å². The maximum absolute atomic E-state index is 6.01. The molecule has 1 atom stereocenters. The van der Waals surface area contributed by atoms with Crippen molar-refractivity contribution in [3.8, 4) is 17.2 Å². The van der Waals surface area contributed by atoms with E-state index in [2.05, 4.69) is 5.09 Å². The predicted octanol–water partition coefficient (Wildman–Crippen LogP) is 4.92. The van der Waals surface area contributed by atoms with Gasteiger partial charge in [-0.3, -0.25) is 0 Å². The molecule has 0 amide bonds. The molecule has 3 aromatic rings. The van der Waals surface area contributed by atoms with Crippen molar-refractivity contribution in [1.29, 1.82) is 0 Å². The van der Waals surface area contributed by atoms with Gasteiger partial charge in [0.05, 0.1) is 5.69 Å². The number of benzene rings is 3. The first-order valence-corrected chi connectivity index (χ1v) is 9.95. The van der Waals surface area contributed by atoms with Crippen molar-refractivity contribution in [2.75, 3.05) is 5.09 Å². The maximum Gasteiger partial charge on any atom is 0.232 e. The number of fused-ring (bicyclic) bond motifs is 1. The van der Waals surface area contributed by atoms with Crippen LogP contribution in [0.25, 0.3) is 0 Å². The lowest BCUT2D eigenvalue weighted by molar-refractivity contribution is 0.483. The summed E-state index contributed by atoms with van der Waals surface area (Å²) < 4.78 is 11.8. The Balaban J connectivity index is 1.56. The van der Waals surface area contributed by atoms with Crippen LogP contribution in [0.3, 0.4) is 0 Å². The Morgan fingerprint density at radius 1 is 0.783 bits per heavy atom. The molecule has 3 aromatic carbocycles. The normalized spacial score (nSPS) is 18.6. The highest BCUT2D eigenvalue weighted by Gasteiger charge is 2.30. The van der Waals surface area contributed by atoms with Crippen LogP contribution in [0.1, 0.15) is 0 Å². The van der Waals surface area contributed by atoms with E-state index in [9.17, 15) is 0 Å². The van der Waals surface area contributed by atoms with Crippen molar-refractivity contribution in [3.05, 3.63) is 78.9 Å². The highest BCUT2D eigenvalue weighted by molar-refractivity contribution is 8.16. The summed E-state index contributed by atoms with van der Waals surface area (Å²) in [6.07, 6.45) is -2.28. The number of hydrogen-bond donors (Lipinski definition) is 1. The van der Waals surface area contributed by atoms with E-state index in [1.54, 1.807) is 0 Å². The fourth-order valence-corrected chi connectivity index (χ4v) is 5.07. The van der Waals surface area contributed by atoms with Crippen LogP contribution in [0.5, 0.6) is 17.2 Å². The number of anilines is 1. The Kier molecular flexibility index (Phi) is 3.56. The summed E-state index contributed by atoms with van der Waals surface area (Å²) in [4.78, 5) is 0. The molecule has 0 fully saturated rings. The van der Waals surface area contributed by atoms with Gasteiger partial charge in [-0.05, 0) is 60.3 Å². The van der Waals surface area contributed by atoms with Crippen LogP contribution in [-0.4, -0.2) is 0 Å². The van der Waals surface area contributed by atoms with Gasteiger partial charge in [-0.25, -0.2) is 0 Å². The quantitative estimate of drug-likeness (QED) is 0.686. The third-order valence-corrected chi connectivity index (χ3v) is 6.63. The number of nitrogens with one attached hydrogen (secondary N) is 1. The lowest BCUT2D eigenvalue weighted by atomic mass is 10.3. The van der Waals surface area contributed by atoms with Gasteiger partial charge in [-0.15, -0.1) is 0 Å². The zero-order chi connectivity index (χ0) is 15.7. The Hall–Kier alpha value is -2.29. The molecule has 1 aliphatic heterocycles. The predicted molar refractivity (Wildman–Crippen MR) is 97.6 cm³/mol. The first-order valence-electron chi connectivity index (χ1n) is 7.23. The summed E-state index contributed by atoms with van der Waals surface area (Å²) in [6.45, 7) is 0. The monoisotopic (exact) mass is 339 g/mol. The second-order valence-corrected chi connectivity index (χ2v) is 8.73. The Morgan fingerprint density at radius 3 is 2.17 bits per heavy atom. The van der Waals surface area contributed by atoms with Crippen LogP contribution in [0.15, 0.2) is 78.9 Å². The van der Waals surface area contributed by atoms with Gasteiger partial charge in [0, 0.05) is 5.30 Å². The van der Waals surface area contributed by atoms with E-state index >= 15 is 0 Å². The smallest absolute Gasteiger partial charge is 0.232 e. The SMILES string of the molecule is S=P1(c2ccc(Oc3ccccc3)cc2)Nc2ccccc2O1. The minimum absolute atomic E-state index is 0.776. The van der Waals surface area contributed by atoms with E-state index < -0.39 is 6.42 Å². The Labute approximate surface area is 140 Å². The molecular formula is C18H14NO2PS. The van der Waals surface area contributed by atoms with Crippen LogP contribution >= 0.6 is 6.42 Å². The molecule has 3 nitrogen and oxygen atoms in total. The first-order chi connectivity index (χ1) is 11.2. The highest BCUT2D eigenvalue weighted by atomic mass is 32.4. The molecule has 0 aliphatic carbocycles. The molecule has 0 saturated heterocycles. The Morgan fingerprint density at radius 2 is 1.43 bits per heavy atom. The van der Waals surface area contributed by atoms with E-state index in [1.165, 1.54) is 0 Å². The molecule has 0 aromatic heterocycles. The van der Waals surface area contributed by atoms with Gasteiger partial charge < -0.3 is 14.3 Å². The van der Waals surface area contributed by atoms with Gasteiger partial charge in [0.1, 0.15) is 17.2 Å². The average molecular weight is 339 g/mol. The first kappa shape index (κ1) is 14.3. The van der Waals surface area contributed by atoms with Crippen LogP contribution in [0, 0.1) is 0 Å². The van der Waals surface area contributed by atoms with Crippen molar-refractivity contribution < 1.29 is 9.26 Å². The number of para-hydroxylation sites is 3. The average Bonchev–Trinajstić information content (AvgIpc) is 2.94. The standard InChI is InChI=1S/C18H14NO2PS/c23-22(19-17-8-4-5-9-18(17)21-22)16-12-10-15(11-13-16)20-14-6-2-1-3-7-14/h1-13H,(H,19,23). The fourth-order valence-electron chi connectivity index (χ4n) is 2.41. The van der Waals surface area contributed by atoms with Crippen LogP contribution < -0.4 is 19.7 Å². The van der Waals surface area contributed by atoms with Gasteiger partial charge in [0.25, 0.3) is 0 Å². The van der Waals surface area contributed by atoms with Crippen LogP contribution in [0.2, 0.25) is 0 Å². The fraction of sp³-hybridized carbons (Fsp3) is 0. The molecule has 0 bridgehead atoms. The zero-order valence-electron chi connectivity index (χ0n) is 12.2. The largest absolute Gasteiger partial charge is 0.457 e. The van der Waals surface area contributed by atoms with Gasteiger partial charge in [0.2, 0.25) is 6.42 Å². The molecule has 1 N–H and O–H groups in total. The van der Waals surface area contributed by atoms with Gasteiger partial charge in [-0.1, -0.05) is 30.3 Å². The van der Waals surface area contributed by atoms with E-state index in [1.807, 2.05) is 78.9 Å². The van der Waals surface area contributed by atoms with E-state index in [4.69, 9.17) is 21.1 Å². The topological polar surface area (TPSA) is 30.5 Å². The third-order valence-electron chi connectivity index (χ3n) is 3.54. The number of ether oxygens (including phenoxy) is 1. The molecule has 114 valence electrons. The van der Waals surface area contributed by atoms with Gasteiger partial charge >= 0.3 is 0 Å². The molecule has 0 spiro atoms. The minimum Gasteiger partial charge on any atom is -0.457 e. The summed E-state index contributed by atoms with van der Waals surface area (Å²) in [5, 5.41) is 4.34. The molecule has 23 heavy (non-hydrogen) atoms. The molecule has 4 rings (SSSR count). The second-order valence-electron chi connectivity index (χ2n) is 5.16. The minimum atomic E-state index is -2.28. The van der Waals surface area contributed by atoms with E-state index in [0.29, 0.717) is 0 Å². The maximum atomic E-state index is 6.01. The van der Waals surface area contributed by atoms with Crippen molar-refractivity contribution in [1.82, 2.24) is 0 Å². The zero-order valence-corrected chi connectivity index (χ0v) is 13.9. The van der Waals surface area contributed by atoms with Crippen molar-refractivity contribution >= 4 is 29.2 Å². The Bertz CT molecular complexity index is 852. The molecular weight excluding hydrogens is 325 g/mol. The molecule has 0 saturated carbocycles. The summed E-state index contributed by atoms with van der Waals surface area (Å²) in [7, 11) is 0. The second kappa shape index (κ2) is 5.73. The third kappa shape index (κ3) is 2.83. The number of hydrogen-bond acceptors (Lipinski definition) is 3. The van der Waals surface area contributed by atoms with Gasteiger partial charge in [0.15, 0.2) is 0 Å². The van der Waals surface area contributed by atoms with Crippen LogP contribution in [-0.2, 0) is 11.8 Å². The summed E-state index contributed by atoms with van der Waals surface area (Å²) >= 11 is 5.75. The van der Waals surface area contributed by atoms with Gasteiger partial charge in [-0.2, -0.15) is 0 Å².